The van der Waals surface area contributed by atoms with E-state index in [1.54, 1.807) is 23.8 Å². The average molecular weight is 447 g/mol. The first-order valence-corrected chi connectivity index (χ1v) is 11.8. The zero-order valence-electron chi connectivity index (χ0n) is 19.5. The fraction of sp³-hybridized carbons (Fsp3) is 0.542. The Labute approximate surface area is 193 Å². The summed E-state index contributed by atoms with van der Waals surface area (Å²) in [7, 11) is 1.73. The fourth-order valence-corrected chi connectivity index (χ4v) is 4.80. The second kappa shape index (κ2) is 8.60. The Bertz CT molecular complexity index is 1250. The molecule has 4 heterocycles. The highest BCUT2D eigenvalue weighted by atomic mass is 16.1. The van der Waals surface area contributed by atoms with Crippen LogP contribution in [-0.2, 0) is 13.5 Å². The zero-order chi connectivity index (χ0) is 23.1. The lowest BCUT2D eigenvalue weighted by atomic mass is 10.0. The van der Waals surface area contributed by atoms with Crippen molar-refractivity contribution in [1.82, 2.24) is 29.0 Å². The summed E-state index contributed by atoms with van der Waals surface area (Å²) in [6.45, 7) is 6.96. The number of rotatable bonds is 6. The van der Waals surface area contributed by atoms with E-state index in [2.05, 4.69) is 44.7 Å². The normalized spacial score (nSPS) is 20.2. The maximum Gasteiger partial charge on any atom is 0.267 e. The Morgan fingerprint density at radius 2 is 2.00 bits per heavy atom. The summed E-state index contributed by atoms with van der Waals surface area (Å²) >= 11 is 0. The molecule has 9 heteroatoms. The molecular weight excluding hydrogens is 416 g/mol. The third kappa shape index (κ3) is 4.00. The lowest BCUT2D eigenvalue weighted by Crippen LogP contribution is -2.54. The van der Waals surface area contributed by atoms with Crippen LogP contribution in [0.4, 0.5) is 5.69 Å². The minimum Gasteiger partial charge on any atom is -0.363 e. The van der Waals surface area contributed by atoms with Crippen LogP contribution < -0.4 is 10.5 Å². The van der Waals surface area contributed by atoms with E-state index in [4.69, 9.17) is 5.26 Å². The summed E-state index contributed by atoms with van der Waals surface area (Å²) in [5.41, 5.74) is 3.31. The van der Waals surface area contributed by atoms with Crippen molar-refractivity contribution < 1.29 is 0 Å². The number of fused-ring (bicyclic) bond motifs is 1. The van der Waals surface area contributed by atoms with Gasteiger partial charge in [0.25, 0.3) is 5.56 Å². The molecule has 0 amide bonds. The van der Waals surface area contributed by atoms with Crippen molar-refractivity contribution in [3.8, 4) is 6.07 Å². The highest BCUT2D eigenvalue weighted by molar-refractivity contribution is 5.69. The van der Waals surface area contributed by atoms with Gasteiger partial charge in [-0.2, -0.15) is 5.26 Å². The second-order valence-corrected chi connectivity index (χ2v) is 9.20. The molecule has 3 aromatic heterocycles. The zero-order valence-corrected chi connectivity index (χ0v) is 19.5. The quantitative estimate of drug-likeness (QED) is 0.574. The number of anilines is 1. The molecule has 1 aliphatic heterocycles. The summed E-state index contributed by atoms with van der Waals surface area (Å²) in [4.78, 5) is 31.4. The molecule has 0 radical (unpaired) electrons. The number of nitrogens with zero attached hydrogens (tertiary/aromatic N) is 8. The average Bonchev–Trinajstić information content (AvgIpc) is 3.60. The molecular formula is C24H30N8O. The van der Waals surface area contributed by atoms with Gasteiger partial charge >= 0.3 is 0 Å². The molecule has 9 nitrogen and oxygen atoms in total. The molecule has 2 aliphatic rings. The van der Waals surface area contributed by atoms with Crippen molar-refractivity contribution in [1.29, 1.82) is 5.26 Å². The Balaban J connectivity index is 1.40. The Morgan fingerprint density at radius 3 is 2.67 bits per heavy atom. The van der Waals surface area contributed by atoms with Crippen molar-refractivity contribution in [2.75, 3.05) is 24.5 Å². The van der Waals surface area contributed by atoms with Gasteiger partial charge in [0.2, 0.25) is 0 Å². The maximum absolute atomic E-state index is 12.7. The van der Waals surface area contributed by atoms with Gasteiger partial charge in [-0.15, -0.1) is 0 Å². The van der Waals surface area contributed by atoms with Crippen LogP contribution in [0, 0.1) is 11.3 Å². The topological polar surface area (TPSA) is 95.4 Å². The van der Waals surface area contributed by atoms with Gasteiger partial charge in [-0.3, -0.25) is 9.69 Å². The monoisotopic (exact) mass is 446 g/mol. The van der Waals surface area contributed by atoms with Crippen LogP contribution in [0.2, 0.25) is 0 Å². The molecule has 1 saturated heterocycles. The van der Waals surface area contributed by atoms with E-state index in [1.165, 1.54) is 17.5 Å². The van der Waals surface area contributed by atoms with E-state index in [-0.39, 0.29) is 24.1 Å². The molecule has 5 rings (SSSR count). The smallest absolute Gasteiger partial charge is 0.267 e. The number of aromatic nitrogens is 5. The lowest BCUT2D eigenvalue weighted by Gasteiger charge is -2.44. The Morgan fingerprint density at radius 1 is 1.24 bits per heavy atom. The molecule has 1 saturated carbocycles. The standard InChI is InChI=1S/C24H30N8O/c1-4-20-15-30(16(2)18-12-26-23(27-13-18)17-5-6-17)9-10-31(20)21-11-22(33)29(3)32-14-19(7-8-25)28-24(21)32/h11-14,16-17,20H,4-7,9-10,15H2,1-3H3. The highest BCUT2D eigenvalue weighted by Gasteiger charge is 2.32. The van der Waals surface area contributed by atoms with Crippen LogP contribution in [0.1, 0.15) is 62.2 Å². The third-order valence-electron chi connectivity index (χ3n) is 7.09. The predicted octanol–water partition coefficient (Wildman–Crippen LogP) is 2.43. The van der Waals surface area contributed by atoms with Gasteiger partial charge in [0.05, 0.1) is 30.1 Å². The number of piperazine rings is 1. The summed E-state index contributed by atoms with van der Waals surface area (Å²) in [5.74, 6) is 1.54. The fourth-order valence-electron chi connectivity index (χ4n) is 4.80. The SMILES string of the molecule is CCC1CN(C(C)c2cnc(C3CC3)nc2)CCN1c1cc(=O)n(C)n2cc(CC#N)nc12. The van der Waals surface area contributed by atoms with Crippen LogP contribution in [0.5, 0.6) is 0 Å². The first-order valence-electron chi connectivity index (χ1n) is 11.8. The number of aryl methyl sites for hydroxylation is 1. The van der Waals surface area contributed by atoms with Gasteiger partial charge < -0.3 is 4.90 Å². The Hall–Kier alpha value is -3.25. The van der Waals surface area contributed by atoms with E-state index in [0.29, 0.717) is 11.6 Å². The highest BCUT2D eigenvalue weighted by Crippen LogP contribution is 2.38. The molecule has 172 valence electrons. The number of hydrogen-bond acceptors (Lipinski definition) is 7. The molecule has 2 atom stereocenters. The van der Waals surface area contributed by atoms with E-state index in [9.17, 15) is 4.79 Å². The van der Waals surface area contributed by atoms with Crippen molar-refractivity contribution in [3.63, 3.8) is 0 Å². The van der Waals surface area contributed by atoms with Crippen molar-refractivity contribution in [3.05, 3.63) is 52.1 Å². The summed E-state index contributed by atoms with van der Waals surface area (Å²) in [6.07, 6.45) is 9.36. The van der Waals surface area contributed by atoms with E-state index in [1.807, 2.05) is 12.4 Å². The van der Waals surface area contributed by atoms with Crippen LogP contribution in [0.15, 0.2) is 29.5 Å². The minimum atomic E-state index is -0.0861. The van der Waals surface area contributed by atoms with Crippen molar-refractivity contribution in [2.45, 2.75) is 57.5 Å². The molecule has 0 N–H and O–H groups in total. The van der Waals surface area contributed by atoms with Crippen LogP contribution >= 0.6 is 0 Å². The summed E-state index contributed by atoms with van der Waals surface area (Å²) in [5, 5.41) is 9.09. The third-order valence-corrected chi connectivity index (χ3v) is 7.09. The molecule has 0 aromatic carbocycles. The lowest BCUT2D eigenvalue weighted by molar-refractivity contribution is 0.168. The first-order chi connectivity index (χ1) is 16.0. The molecule has 33 heavy (non-hydrogen) atoms. The molecule has 2 unspecified atom stereocenters. The van der Waals surface area contributed by atoms with E-state index in [0.717, 1.165) is 48.8 Å². The Kier molecular flexibility index (Phi) is 5.62. The van der Waals surface area contributed by atoms with Gasteiger partial charge in [0.15, 0.2) is 5.65 Å². The molecule has 3 aromatic rings. The van der Waals surface area contributed by atoms with Crippen LogP contribution in [0.3, 0.4) is 0 Å². The molecule has 0 spiro atoms. The predicted molar refractivity (Wildman–Crippen MR) is 125 cm³/mol. The van der Waals surface area contributed by atoms with Gasteiger partial charge in [0, 0.05) is 68.7 Å². The van der Waals surface area contributed by atoms with Gasteiger partial charge in [0.1, 0.15) is 5.82 Å². The van der Waals surface area contributed by atoms with Gasteiger partial charge in [-0.1, -0.05) is 6.92 Å². The van der Waals surface area contributed by atoms with Crippen LogP contribution in [-0.4, -0.2) is 54.7 Å². The summed E-state index contributed by atoms with van der Waals surface area (Å²) < 4.78 is 3.31. The van der Waals surface area contributed by atoms with E-state index < -0.39 is 0 Å². The number of hydrogen-bond donors (Lipinski definition) is 0. The largest absolute Gasteiger partial charge is 0.363 e. The number of imidazole rings is 1. The molecule has 0 bridgehead atoms. The van der Waals surface area contributed by atoms with Crippen LogP contribution in [0.25, 0.3) is 5.65 Å². The van der Waals surface area contributed by atoms with Crippen molar-refractivity contribution >= 4 is 11.3 Å². The maximum atomic E-state index is 12.7. The first kappa shape index (κ1) is 21.6. The molecule has 2 fully saturated rings. The molecule has 1 aliphatic carbocycles. The van der Waals surface area contributed by atoms with Crippen molar-refractivity contribution in [2.24, 2.45) is 7.05 Å². The van der Waals surface area contributed by atoms with Gasteiger partial charge in [-0.05, 0) is 26.2 Å². The summed E-state index contributed by atoms with van der Waals surface area (Å²) in [6, 6.07) is 4.31. The van der Waals surface area contributed by atoms with Gasteiger partial charge in [-0.25, -0.2) is 24.1 Å². The second-order valence-electron chi connectivity index (χ2n) is 9.20. The van der Waals surface area contributed by atoms with E-state index >= 15 is 0 Å². The minimum absolute atomic E-state index is 0.0861. The number of nitriles is 1.